The van der Waals surface area contributed by atoms with Crippen molar-refractivity contribution in [3.05, 3.63) is 58.1 Å². The highest BCUT2D eigenvalue weighted by molar-refractivity contribution is 6.43. The van der Waals surface area contributed by atoms with E-state index in [9.17, 15) is 4.79 Å². The number of hydrogen-bond acceptors (Lipinski definition) is 2. The van der Waals surface area contributed by atoms with Gasteiger partial charge in [0.05, 0.1) is 22.2 Å². The first-order chi connectivity index (χ1) is 9.08. The molecular formula is C14H12Cl2N2O. The van der Waals surface area contributed by atoms with Gasteiger partial charge in [-0.25, -0.2) is 0 Å². The van der Waals surface area contributed by atoms with E-state index in [1.54, 1.807) is 24.3 Å². The third kappa shape index (κ3) is 3.40. The van der Waals surface area contributed by atoms with E-state index in [2.05, 4.69) is 5.32 Å². The zero-order valence-corrected chi connectivity index (χ0v) is 11.5. The molecule has 0 spiro atoms. The molecule has 0 aliphatic heterocycles. The van der Waals surface area contributed by atoms with Gasteiger partial charge in [-0.3, -0.25) is 4.79 Å². The third-order valence-corrected chi connectivity index (χ3v) is 3.45. The summed E-state index contributed by atoms with van der Waals surface area (Å²) in [6.07, 6.45) is 0.190. The molecule has 0 heterocycles. The molecule has 1 amide bonds. The fourth-order valence-corrected chi connectivity index (χ4v) is 2.01. The van der Waals surface area contributed by atoms with Crippen LogP contribution < -0.4 is 11.1 Å². The lowest BCUT2D eigenvalue weighted by Gasteiger charge is -2.09. The van der Waals surface area contributed by atoms with E-state index in [1.807, 2.05) is 18.2 Å². The van der Waals surface area contributed by atoms with Gasteiger partial charge in [0.2, 0.25) is 5.91 Å². The Labute approximate surface area is 121 Å². The largest absolute Gasteiger partial charge is 0.398 e. The van der Waals surface area contributed by atoms with Gasteiger partial charge in [0.15, 0.2) is 0 Å². The standard InChI is InChI=1S/C14H12Cl2N2O/c15-10-5-3-7-12(14(10)16)18-13(19)8-9-4-1-2-6-11(9)17/h1-7H,8,17H2,(H,18,19). The van der Waals surface area contributed by atoms with Gasteiger partial charge in [-0.2, -0.15) is 0 Å². The number of para-hydroxylation sites is 1. The number of nitrogens with two attached hydrogens (primary N) is 1. The lowest BCUT2D eigenvalue weighted by molar-refractivity contribution is -0.115. The summed E-state index contributed by atoms with van der Waals surface area (Å²) >= 11 is 11.9. The number of nitrogens with one attached hydrogen (secondary N) is 1. The van der Waals surface area contributed by atoms with E-state index >= 15 is 0 Å². The quantitative estimate of drug-likeness (QED) is 0.847. The molecule has 0 radical (unpaired) electrons. The van der Waals surface area contributed by atoms with Gasteiger partial charge in [0.25, 0.3) is 0 Å². The predicted molar refractivity (Wildman–Crippen MR) is 79.7 cm³/mol. The second-order valence-electron chi connectivity index (χ2n) is 4.03. The molecule has 2 rings (SSSR count). The Bertz CT molecular complexity index is 614. The third-order valence-electron chi connectivity index (χ3n) is 2.63. The van der Waals surface area contributed by atoms with Crippen LogP contribution in [-0.2, 0) is 11.2 Å². The van der Waals surface area contributed by atoms with Crippen molar-refractivity contribution in [3.8, 4) is 0 Å². The van der Waals surface area contributed by atoms with E-state index in [-0.39, 0.29) is 12.3 Å². The lowest BCUT2D eigenvalue weighted by Crippen LogP contribution is -2.15. The molecule has 0 unspecified atom stereocenters. The Kier molecular flexibility index (Phi) is 4.30. The first kappa shape index (κ1) is 13.7. The molecule has 2 aromatic rings. The van der Waals surface area contributed by atoms with Crippen molar-refractivity contribution in [3.63, 3.8) is 0 Å². The van der Waals surface area contributed by atoms with E-state index < -0.39 is 0 Å². The van der Waals surface area contributed by atoms with Gasteiger partial charge in [-0.15, -0.1) is 0 Å². The van der Waals surface area contributed by atoms with Gasteiger partial charge < -0.3 is 11.1 Å². The van der Waals surface area contributed by atoms with Crippen LogP contribution in [0, 0.1) is 0 Å². The molecule has 98 valence electrons. The predicted octanol–water partition coefficient (Wildman–Crippen LogP) is 3.76. The Morgan fingerprint density at radius 3 is 2.58 bits per heavy atom. The number of benzene rings is 2. The number of rotatable bonds is 3. The zero-order chi connectivity index (χ0) is 13.8. The van der Waals surface area contributed by atoms with E-state index in [0.717, 1.165) is 5.56 Å². The average molecular weight is 295 g/mol. The summed E-state index contributed by atoms with van der Waals surface area (Å²) in [6, 6.07) is 12.3. The summed E-state index contributed by atoms with van der Waals surface area (Å²) in [5, 5.41) is 3.45. The molecule has 0 atom stereocenters. The molecule has 0 saturated heterocycles. The van der Waals surface area contributed by atoms with Gasteiger partial charge >= 0.3 is 0 Å². The maximum absolute atomic E-state index is 11.9. The highest BCUT2D eigenvalue weighted by Crippen LogP contribution is 2.29. The number of anilines is 2. The fraction of sp³-hybridized carbons (Fsp3) is 0.0714. The first-order valence-electron chi connectivity index (χ1n) is 5.65. The zero-order valence-electron chi connectivity index (χ0n) is 9.99. The fourth-order valence-electron chi connectivity index (χ4n) is 1.66. The summed E-state index contributed by atoms with van der Waals surface area (Å²) in [7, 11) is 0. The van der Waals surface area contributed by atoms with E-state index in [1.165, 1.54) is 0 Å². The van der Waals surface area contributed by atoms with Crippen molar-refractivity contribution in [1.29, 1.82) is 0 Å². The number of nitrogen functional groups attached to an aromatic ring is 1. The Morgan fingerprint density at radius 1 is 1.11 bits per heavy atom. The van der Waals surface area contributed by atoms with Crippen LogP contribution in [0.5, 0.6) is 0 Å². The van der Waals surface area contributed by atoms with Gasteiger partial charge in [0, 0.05) is 5.69 Å². The van der Waals surface area contributed by atoms with Crippen molar-refractivity contribution in [2.45, 2.75) is 6.42 Å². The summed E-state index contributed by atoms with van der Waals surface area (Å²) in [5.41, 5.74) is 7.65. The molecule has 0 bridgehead atoms. The number of carbonyl (C=O) groups excluding carboxylic acids is 1. The minimum Gasteiger partial charge on any atom is -0.398 e. The van der Waals surface area contributed by atoms with E-state index in [0.29, 0.717) is 21.4 Å². The molecule has 0 fully saturated rings. The minimum atomic E-state index is -0.193. The average Bonchev–Trinajstić information content (AvgIpc) is 2.38. The minimum absolute atomic E-state index is 0.190. The van der Waals surface area contributed by atoms with Crippen LogP contribution in [0.1, 0.15) is 5.56 Å². The topological polar surface area (TPSA) is 55.1 Å². The van der Waals surface area contributed by atoms with Crippen LogP contribution >= 0.6 is 23.2 Å². The van der Waals surface area contributed by atoms with Crippen molar-refractivity contribution >= 4 is 40.5 Å². The van der Waals surface area contributed by atoms with Gasteiger partial charge in [-0.1, -0.05) is 47.5 Å². The monoisotopic (exact) mass is 294 g/mol. The van der Waals surface area contributed by atoms with Crippen molar-refractivity contribution in [1.82, 2.24) is 0 Å². The van der Waals surface area contributed by atoms with E-state index in [4.69, 9.17) is 28.9 Å². The summed E-state index contributed by atoms with van der Waals surface area (Å²) in [6.45, 7) is 0. The van der Waals surface area contributed by atoms with Crippen LogP contribution in [0.3, 0.4) is 0 Å². The molecule has 0 aliphatic rings. The molecule has 0 aliphatic carbocycles. The molecule has 3 N–H and O–H groups in total. The molecule has 19 heavy (non-hydrogen) atoms. The van der Waals surface area contributed by atoms with Crippen LogP contribution in [0.2, 0.25) is 10.0 Å². The molecule has 5 heteroatoms. The number of carbonyl (C=O) groups is 1. The maximum Gasteiger partial charge on any atom is 0.228 e. The molecule has 0 saturated carbocycles. The second kappa shape index (κ2) is 5.95. The van der Waals surface area contributed by atoms with Crippen LogP contribution in [0.15, 0.2) is 42.5 Å². The molecule has 3 nitrogen and oxygen atoms in total. The molecular weight excluding hydrogens is 283 g/mol. The van der Waals surface area contributed by atoms with Gasteiger partial charge in [0.1, 0.15) is 0 Å². The normalized spacial score (nSPS) is 10.2. The van der Waals surface area contributed by atoms with Crippen molar-refractivity contribution < 1.29 is 4.79 Å². The van der Waals surface area contributed by atoms with Crippen molar-refractivity contribution in [2.75, 3.05) is 11.1 Å². The van der Waals surface area contributed by atoms with Crippen LogP contribution in [0.4, 0.5) is 11.4 Å². The maximum atomic E-state index is 11.9. The Morgan fingerprint density at radius 2 is 1.84 bits per heavy atom. The summed E-state index contributed by atoms with van der Waals surface area (Å²) in [4.78, 5) is 11.9. The van der Waals surface area contributed by atoms with Crippen molar-refractivity contribution in [2.24, 2.45) is 0 Å². The molecule has 0 aromatic heterocycles. The van der Waals surface area contributed by atoms with Crippen LogP contribution in [0.25, 0.3) is 0 Å². The first-order valence-corrected chi connectivity index (χ1v) is 6.41. The highest BCUT2D eigenvalue weighted by Gasteiger charge is 2.10. The van der Waals surface area contributed by atoms with Crippen LogP contribution in [-0.4, -0.2) is 5.91 Å². The Balaban J connectivity index is 2.10. The number of amides is 1. The lowest BCUT2D eigenvalue weighted by atomic mass is 10.1. The SMILES string of the molecule is Nc1ccccc1CC(=O)Nc1cccc(Cl)c1Cl. The number of halogens is 2. The second-order valence-corrected chi connectivity index (χ2v) is 4.81. The molecule has 2 aromatic carbocycles. The summed E-state index contributed by atoms with van der Waals surface area (Å²) in [5.74, 6) is -0.193. The summed E-state index contributed by atoms with van der Waals surface area (Å²) < 4.78 is 0. The number of hydrogen-bond donors (Lipinski definition) is 2. The van der Waals surface area contributed by atoms with Gasteiger partial charge in [-0.05, 0) is 23.8 Å². The highest BCUT2D eigenvalue weighted by atomic mass is 35.5. The smallest absolute Gasteiger partial charge is 0.228 e. The Hall–Kier alpha value is -1.71.